The maximum Gasteiger partial charge on any atom is 0.410 e. The van der Waals surface area contributed by atoms with E-state index in [1.165, 1.54) is 21.3 Å². The number of imidazole rings is 1. The highest BCUT2D eigenvalue weighted by Gasteiger charge is 2.43. The lowest BCUT2D eigenvalue weighted by molar-refractivity contribution is 0.0295. The number of sulfonamides is 1. The van der Waals surface area contributed by atoms with Crippen LogP contribution in [0.4, 0.5) is 9.18 Å². The van der Waals surface area contributed by atoms with Gasteiger partial charge in [0.05, 0.1) is 17.1 Å². The molecular formula is C23H31ClFN5O4S. The summed E-state index contributed by atoms with van der Waals surface area (Å²) in [5.74, 6) is -0.0305. The summed E-state index contributed by atoms with van der Waals surface area (Å²) in [5.41, 5.74) is 0.573. The van der Waals surface area contributed by atoms with Gasteiger partial charge in [-0.3, -0.25) is 0 Å². The van der Waals surface area contributed by atoms with Crippen LogP contribution in [0, 0.1) is 11.7 Å². The first-order valence-corrected chi connectivity index (χ1v) is 13.6. The van der Waals surface area contributed by atoms with E-state index in [1.54, 1.807) is 20.8 Å². The van der Waals surface area contributed by atoms with Crippen LogP contribution in [0.1, 0.15) is 52.1 Å². The summed E-state index contributed by atoms with van der Waals surface area (Å²) in [4.78, 5) is 25.4. The average Bonchev–Trinajstić information content (AvgIpc) is 3.41. The van der Waals surface area contributed by atoms with Crippen LogP contribution < -0.4 is 0 Å². The van der Waals surface area contributed by atoms with Crippen LogP contribution in [0.2, 0.25) is 5.15 Å². The fourth-order valence-electron chi connectivity index (χ4n) is 4.69. The van der Waals surface area contributed by atoms with Crippen molar-refractivity contribution in [2.45, 2.75) is 57.3 Å². The molecular weight excluding hydrogens is 497 g/mol. The summed E-state index contributed by atoms with van der Waals surface area (Å²) < 4.78 is 46.9. The van der Waals surface area contributed by atoms with Crippen LogP contribution >= 0.6 is 11.6 Å². The molecule has 1 unspecified atom stereocenters. The Morgan fingerprint density at radius 2 is 1.97 bits per heavy atom. The van der Waals surface area contributed by atoms with E-state index in [0.29, 0.717) is 49.1 Å². The lowest BCUT2D eigenvalue weighted by Gasteiger charge is -2.37. The number of pyridine rings is 1. The van der Waals surface area contributed by atoms with Crippen LogP contribution in [0.5, 0.6) is 0 Å². The van der Waals surface area contributed by atoms with Crippen molar-refractivity contribution < 1.29 is 22.3 Å². The van der Waals surface area contributed by atoms with Gasteiger partial charge in [-0.15, -0.1) is 0 Å². The van der Waals surface area contributed by atoms with Gasteiger partial charge in [0.2, 0.25) is 10.0 Å². The van der Waals surface area contributed by atoms with Gasteiger partial charge in [0.25, 0.3) is 0 Å². The van der Waals surface area contributed by atoms with Gasteiger partial charge in [-0.05, 0) is 51.7 Å². The fraction of sp³-hybridized carbons (Fsp3) is 0.609. The van der Waals surface area contributed by atoms with Gasteiger partial charge < -0.3 is 14.6 Å². The zero-order chi connectivity index (χ0) is 25.5. The number of hydrogen-bond acceptors (Lipinski definition) is 6. The number of likely N-dealkylation sites (tertiary alicyclic amines) is 1. The Bertz CT molecular complexity index is 1180. The molecule has 1 N–H and O–H groups in total. The molecule has 192 valence electrons. The molecule has 0 aromatic carbocycles. The van der Waals surface area contributed by atoms with Gasteiger partial charge >= 0.3 is 6.09 Å². The van der Waals surface area contributed by atoms with E-state index in [2.05, 4.69) is 15.0 Å². The predicted octanol–water partition coefficient (Wildman–Crippen LogP) is 4.03. The van der Waals surface area contributed by atoms with Crippen molar-refractivity contribution in [1.29, 1.82) is 0 Å². The van der Waals surface area contributed by atoms with Crippen LogP contribution in [0.25, 0.3) is 11.5 Å². The molecule has 3 atom stereocenters. The van der Waals surface area contributed by atoms with Crippen molar-refractivity contribution >= 4 is 27.7 Å². The minimum atomic E-state index is -3.58. The average molecular weight is 528 g/mol. The van der Waals surface area contributed by atoms with Crippen molar-refractivity contribution in [3.63, 3.8) is 0 Å². The van der Waals surface area contributed by atoms with Crippen molar-refractivity contribution in [3.05, 3.63) is 35.0 Å². The van der Waals surface area contributed by atoms with Crippen molar-refractivity contribution in [2.24, 2.45) is 5.92 Å². The van der Waals surface area contributed by atoms with E-state index in [9.17, 15) is 17.6 Å². The standard InChI is InChI=1S/C23H31ClFN5O4S/c1-14-12-30(35(32,33)16-7-9-29(13-16)22(31)34-23(2,3)4)10-8-17(14)19-20(24)28-21(27-19)18-6-5-15(25)11-26-18/h5-6,11,14,16-17H,7-10,12-13H2,1-4H3,(H,27,28)/t14-,16?,17+/m0/s1. The highest BCUT2D eigenvalue weighted by atomic mass is 35.5. The molecule has 2 saturated heterocycles. The Hall–Kier alpha value is -2.24. The minimum Gasteiger partial charge on any atom is -0.444 e. The van der Waals surface area contributed by atoms with E-state index in [-0.39, 0.29) is 18.4 Å². The second-order valence-corrected chi connectivity index (χ2v) is 12.8. The van der Waals surface area contributed by atoms with Crippen molar-refractivity contribution in [2.75, 3.05) is 26.2 Å². The number of H-pyrrole nitrogens is 1. The maximum atomic E-state index is 13.4. The topological polar surface area (TPSA) is 108 Å². The largest absolute Gasteiger partial charge is 0.444 e. The number of ether oxygens (including phenoxy) is 1. The molecule has 2 aromatic heterocycles. The van der Waals surface area contributed by atoms with Crippen LogP contribution in [0.3, 0.4) is 0 Å². The van der Waals surface area contributed by atoms with Gasteiger partial charge in [-0.25, -0.2) is 31.9 Å². The maximum absolute atomic E-state index is 13.4. The number of rotatable bonds is 4. The van der Waals surface area contributed by atoms with Crippen molar-refractivity contribution in [1.82, 2.24) is 24.2 Å². The Morgan fingerprint density at radius 1 is 1.23 bits per heavy atom. The van der Waals surface area contributed by atoms with E-state index in [0.717, 1.165) is 11.9 Å². The van der Waals surface area contributed by atoms with E-state index < -0.39 is 32.8 Å². The molecule has 12 heteroatoms. The Labute approximate surface area is 210 Å². The number of piperidine rings is 1. The predicted molar refractivity (Wildman–Crippen MR) is 130 cm³/mol. The molecule has 2 fully saturated rings. The highest BCUT2D eigenvalue weighted by Crippen LogP contribution is 2.38. The summed E-state index contributed by atoms with van der Waals surface area (Å²) in [6.07, 6.45) is 1.59. The molecule has 9 nitrogen and oxygen atoms in total. The van der Waals surface area contributed by atoms with E-state index in [1.807, 2.05) is 6.92 Å². The van der Waals surface area contributed by atoms with Crippen LogP contribution in [-0.2, 0) is 14.8 Å². The molecule has 4 rings (SSSR count). The van der Waals surface area contributed by atoms with Gasteiger partial charge in [0.15, 0.2) is 11.0 Å². The smallest absolute Gasteiger partial charge is 0.410 e. The van der Waals surface area contributed by atoms with Gasteiger partial charge in [0.1, 0.15) is 17.1 Å². The highest BCUT2D eigenvalue weighted by molar-refractivity contribution is 7.89. The number of carbonyl (C=O) groups is 1. The summed E-state index contributed by atoms with van der Waals surface area (Å²) in [6, 6.07) is 2.83. The summed E-state index contributed by atoms with van der Waals surface area (Å²) in [5, 5.41) is -0.339. The number of nitrogens with zero attached hydrogens (tertiary/aromatic N) is 4. The number of halogens is 2. The normalized spacial score (nSPS) is 24.1. The lowest BCUT2D eigenvalue weighted by Crippen LogP contribution is -2.47. The molecule has 4 heterocycles. The second kappa shape index (κ2) is 9.67. The van der Waals surface area contributed by atoms with E-state index in [4.69, 9.17) is 16.3 Å². The molecule has 2 aliphatic heterocycles. The number of aromatic nitrogens is 3. The SMILES string of the molecule is C[C@H]1CN(S(=O)(=O)C2CCN(C(=O)OC(C)(C)C)C2)CC[C@H]1c1[nH]c(-c2ccc(F)cn2)nc1Cl. The van der Waals surface area contributed by atoms with Gasteiger partial charge in [-0.2, -0.15) is 0 Å². The van der Waals surface area contributed by atoms with Gasteiger partial charge in [0, 0.05) is 32.1 Å². The molecule has 1 amide bonds. The minimum absolute atomic E-state index is 0.0162. The molecule has 0 spiro atoms. The molecule has 0 saturated carbocycles. The second-order valence-electron chi connectivity index (χ2n) is 10.3. The number of amides is 1. The molecule has 0 bridgehead atoms. The fourth-order valence-corrected chi connectivity index (χ4v) is 6.96. The molecule has 2 aromatic rings. The van der Waals surface area contributed by atoms with Gasteiger partial charge in [-0.1, -0.05) is 18.5 Å². The van der Waals surface area contributed by atoms with Crippen LogP contribution in [-0.4, -0.2) is 75.7 Å². The molecule has 0 aliphatic carbocycles. The first-order valence-electron chi connectivity index (χ1n) is 11.7. The summed E-state index contributed by atoms with van der Waals surface area (Å²) >= 11 is 6.42. The quantitative estimate of drug-likeness (QED) is 0.643. The zero-order valence-electron chi connectivity index (χ0n) is 20.3. The monoisotopic (exact) mass is 527 g/mol. The third kappa shape index (κ3) is 5.62. The Balaban J connectivity index is 1.42. The number of nitrogens with one attached hydrogen (secondary N) is 1. The van der Waals surface area contributed by atoms with Crippen molar-refractivity contribution in [3.8, 4) is 11.5 Å². The van der Waals surface area contributed by atoms with Crippen LogP contribution in [0.15, 0.2) is 18.3 Å². The molecule has 35 heavy (non-hydrogen) atoms. The zero-order valence-corrected chi connectivity index (χ0v) is 21.9. The first kappa shape index (κ1) is 25.8. The molecule has 2 aliphatic rings. The van der Waals surface area contributed by atoms with E-state index >= 15 is 0 Å². The Kier molecular flexibility index (Phi) is 7.14. The summed E-state index contributed by atoms with van der Waals surface area (Å²) in [7, 11) is -3.58. The Morgan fingerprint density at radius 3 is 2.60 bits per heavy atom. The number of aromatic amines is 1. The number of carbonyl (C=O) groups excluding carboxylic acids is 1. The third-order valence-electron chi connectivity index (χ3n) is 6.47. The molecule has 0 radical (unpaired) electrons. The lowest BCUT2D eigenvalue weighted by atomic mass is 9.86. The third-order valence-corrected chi connectivity index (χ3v) is 9.04. The number of hydrogen-bond donors (Lipinski definition) is 1. The summed E-state index contributed by atoms with van der Waals surface area (Å²) in [6.45, 7) is 8.51. The first-order chi connectivity index (χ1) is 16.3.